The Labute approximate surface area is 200 Å². The van der Waals surface area contributed by atoms with Crippen molar-refractivity contribution in [3.05, 3.63) is 108 Å². The fourth-order valence-corrected chi connectivity index (χ4v) is 6.59. The van der Waals surface area contributed by atoms with Gasteiger partial charge >= 0.3 is 0 Å². The van der Waals surface area contributed by atoms with Crippen LogP contribution < -0.4 is 0 Å². The average molecular weight is 447 g/mol. The fourth-order valence-electron chi connectivity index (χ4n) is 6.59. The maximum atomic E-state index is 5.15. The Kier molecular flexibility index (Phi) is 3.11. The number of nitrogens with zero attached hydrogens (tertiary/aromatic N) is 4. The predicted molar refractivity (Wildman–Crippen MR) is 140 cm³/mol. The van der Waals surface area contributed by atoms with Crippen LogP contribution in [0.5, 0.6) is 0 Å². The van der Waals surface area contributed by atoms with E-state index in [1.54, 1.807) is 0 Å². The minimum Gasteiger partial charge on any atom is -0.290 e. The highest BCUT2D eigenvalue weighted by atomic mass is 15.0. The van der Waals surface area contributed by atoms with Gasteiger partial charge in [0.05, 0.1) is 22.7 Å². The lowest BCUT2D eigenvalue weighted by atomic mass is 9.95. The molecule has 4 aromatic heterocycles. The molecule has 4 nitrogen and oxygen atoms in total. The van der Waals surface area contributed by atoms with Crippen molar-refractivity contribution in [1.82, 2.24) is 19.4 Å². The fraction of sp³-hybridized carbons (Fsp3) is 0.0645. The first-order chi connectivity index (χ1) is 17.4. The lowest BCUT2D eigenvalue weighted by Crippen LogP contribution is -1.95. The van der Waals surface area contributed by atoms with Gasteiger partial charge in [-0.15, -0.1) is 0 Å². The number of benzene rings is 3. The van der Waals surface area contributed by atoms with Crippen LogP contribution in [0.15, 0.2) is 85.5 Å². The molecular weight excluding hydrogens is 428 g/mol. The Balaban J connectivity index is 1.42. The molecule has 9 rings (SSSR count). The Morgan fingerprint density at radius 1 is 0.629 bits per heavy atom. The quantitative estimate of drug-likeness (QED) is 0.243. The smallest absolute Gasteiger partial charge is 0.146 e. The second-order valence-electron chi connectivity index (χ2n) is 9.68. The maximum absolute atomic E-state index is 5.15. The minimum atomic E-state index is 0.926. The lowest BCUT2D eigenvalue weighted by Gasteiger charge is -2.10. The molecule has 0 N–H and O–H groups in total. The summed E-state index contributed by atoms with van der Waals surface area (Å²) in [5.74, 6) is 0. The Hall–Kier alpha value is -4.57. The molecule has 0 atom stereocenters. The van der Waals surface area contributed by atoms with Crippen LogP contribution >= 0.6 is 0 Å². The highest BCUT2D eigenvalue weighted by Crippen LogP contribution is 2.49. The molecule has 0 amide bonds. The Morgan fingerprint density at radius 2 is 1.46 bits per heavy atom. The third-order valence-corrected chi connectivity index (χ3v) is 8.03. The SMILES string of the molecule is c1ccc2c(c1)Cc1c-2ccc2c1-c1ccc3nc4c5ccncc5c5ccncc5n4c3c1C2. The summed E-state index contributed by atoms with van der Waals surface area (Å²) in [5, 5.41) is 3.39. The summed E-state index contributed by atoms with van der Waals surface area (Å²) in [7, 11) is 0. The number of rotatable bonds is 0. The van der Waals surface area contributed by atoms with Crippen molar-refractivity contribution < 1.29 is 0 Å². The molecule has 0 spiro atoms. The van der Waals surface area contributed by atoms with Gasteiger partial charge in [-0.05, 0) is 69.1 Å². The molecule has 4 heteroatoms. The van der Waals surface area contributed by atoms with Crippen LogP contribution in [0.2, 0.25) is 0 Å². The molecule has 2 aliphatic carbocycles. The number of fused-ring (bicyclic) bond motifs is 16. The van der Waals surface area contributed by atoms with Crippen molar-refractivity contribution in [2.75, 3.05) is 0 Å². The standard InChI is InChI=1S/C31H18N4/c1-2-4-19-17(3-1)13-24-20(19)6-5-18-14-25-22(29(18)24)7-8-27-30(25)35-28-16-33-11-9-21(28)26-15-32-12-10-23(26)31(35)34-27/h1-12,15-16H,13-14H2. The molecule has 4 heterocycles. The van der Waals surface area contributed by atoms with Gasteiger partial charge in [0.25, 0.3) is 0 Å². The topological polar surface area (TPSA) is 43.1 Å². The number of imidazole rings is 1. The highest BCUT2D eigenvalue weighted by Gasteiger charge is 2.30. The summed E-state index contributed by atoms with van der Waals surface area (Å²) < 4.78 is 2.33. The monoisotopic (exact) mass is 446 g/mol. The molecule has 162 valence electrons. The summed E-state index contributed by atoms with van der Waals surface area (Å²) in [6, 6.07) is 22.2. The summed E-state index contributed by atoms with van der Waals surface area (Å²) in [5.41, 5.74) is 15.5. The third kappa shape index (κ3) is 2.11. The van der Waals surface area contributed by atoms with Crippen molar-refractivity contribution >= 4 is 38.4 Å². The van der Waals surface area contributed by atoms with Crippen molar-refractivity contribution in [3.63, 3.8) is 0 Å². The zero-order valence-corrected chi connectivity index (χ0v) is 18.8. The van der Waals surface area contributed by atoms with E-state index < -0.39 is 0 Å². The molecule has 0 saturated heterocycles. The van der Waals surface area contributed by atoms with Gasteiger partial charge in [-0.1, -0.05) is 42.5 Å². The molecule has 3 aromatic carbocycles. The average Bonchev–Trinajstić information content (AvgIpc) is 3.59. The van der Waals surface area contributed by atoms with Gasteiger partial charge in [0, 0.05) is 41.2 Å². The van der Waals surface area contributed by atoms with Crippen molar-refractivity contribution in [1.29, 1.82) is 0 Å². The predicted octanol–water partition coefficient (Wildman–Crippen LogP) is 6.73. The Morgan fingerprint density at radius 3 is 2.43 bits per heavy atom. The highest BCUT2D eigenvalue weighted by molar-refractivity contribution is 6.14. The van der Waals surface area contributed by atoms with E-state index >= 15 is 0 Å². The van der Waals surface area contributed by atoms with Crippen molar-refractivity contribution in [2.24, 2.45) is 0 Å². The first kappa shape index (κ1) is 17.8. The zero-order valence-electron chi connectivity index (χ0n) is 18.8. The third-order valence-electron chi connectivity index (χ3n) is 8.03. The molecule has 0 unspecified atom stereocenters. The van der Waals surface area contributed by atoms with Gasteiger partial charge in [0.2, 0.25) is 0 Å². The second kappa shape index (κ2) is 6.10. The summed E-state index contributed by atoms with van der Waals surface area (Å²) in [6.07, 6.45) is 9.56. The van der Waals surface area contributed by atoms with Gasteiger partial charge in [0.1, 0.15) is 5.65 Å². The number of hydrogen-bond acceptors (Lipinski definition) is 3. The van der Waals surface area contributed by atoms with Crippen LogP contribution in [0.25, 0.3) is 60.6 Å². The molecule has 7 aromatic rings. The van der Waals surface area contributed by atoms with Gasteiger partial charge < -0.3 is 0 Å². The van der Waals surface area contributed by atoms with Crippen LogP contribution in [0.1, 0.15) is 22.3 Å². The summed E-state index contributed by atoms with van der Waals surface area (Å²) in [6.45, 7) is 0. The lowest BCUT2D eigenvalue weighted by molar-refractivity contribution is 1.22. The van der Waals surface area contributed by atoms with E-state index in [0.717, 1.165) is 45.7 Å². The van der Waals surface area contributed by atoms with Crippen LogP contribution in [0, 0.1) is 0 Å². The number of hydrogen-bond donors (Lipinski definition) is 0. The van der Waals surface area contributed by atoms with E-state index in [1.807, 2.05) is 24.8 Å². The van der Waals surface area contributed by atoms with E-state index in [9.17, 15) is 0 Å². The molecule has 0 radical (unpaired) electrons. The largest absolute Gasteiger partial charge is 0.290 e. The van der Waals surface area contributed by atoms with Crippen LogP contribution in [-0.2, 0) is 12.8 Å². The van der Waals surface area contributed by atoms with Crippen LogP contribution in [0.4, 0.5) is 0 Å². The van der Waals surface area contributed by atoms with E-state index in [-0.39, 0.29) is 0 Å². The van der Waals surface area contributed by atoms with E-state index in [2.05, 4.69) is 75.0 Å². The molecule has 35 heavy (non-hydrogen) atoms. The molecule has 0 aliphatic heterocycles. The molecule has 0 fully saturated rings. The van der Waals surface area contributed by atoms with Gasteiger partial charge in [-0.3, -0.25) is 14.4 Å². The molecule has 2 aliphatic rings. The van der Waals surface area contributed by atoms with Crippen molar-refractivity contribution in [3.8, 4) is 22.3 Å². The summed E-state index contributed by atoms with van der Waals surface area (Å²) in [4.78, 5) is 14.0. The Bertz CT molecular complexity index is 2070. The van der Waals surface area contributed by atoms with Crippen LogP contribution in [-0.4, -0.2) is 19.4 Å². The summed E-state index contributed by atoms with van der Waals surface area (Å²) >= 11 is 0. The zero-order chi connectivity index (χ0) is 22.7. The number of aromatic nitrogens is 4. The first-order valence-corrected chi connectivity index (χ1v) is 12.0. The molecule has 0 bridgehead atoms. The number of pyridine rings is 3. The molecular formula is C31H18N4. The van der Waals surface area contributed by atoms with E-state index in [1.165, 1.54) is 50.0 Å². The van der Waals surface area contributed by atoms with Gasteiger partial charge in [-0.25, -0.2) is 4.98 Å². The molecule has 0 saturated carbocycles. The van der Waals surface area contributed by atoms with Crippen LogP contribution in [0.3, 0.4) is 0 Å². The van der Waals surface area contributed by atoms with Gasteiger partial charge in [-0.2, -0.15) is 0 Å². The normalized spacial score (nSPS) is 13.5. The van der Waals surface area contributed by atoms with E-state index in [0.29, 0.717) is 0 Å². The van der Waals surface area contributed by atoms with E-state index in [4.69, 9.17) is 4.98 Å². The van der Waals surface area contributed by atoms with Gasteiger partial charge in [0.15, 0.2) is 0 Å². The van der Waals surface area contributed by atoms with Crippen molar-refractivity contribution in [2.45, 2.75) is 12.8 Å². The maximum Gasteiger partial charge on any atom is 0.146 e. The minimum absolute atomic E-state index is 0.926. The first-order valence-electron chi connectivity index (χ1n) is 12.0. The second-order valence-corrected chi connectivity index (χ2v) is 9.68.